The first kappa shape index (κ1) is 9.92. The molecule has 0 aliphatic heterocycles. The molecule has 3 N–H and O–H groups in total. The van der Waals surface area contributed by atoms with E-state index in [1.54, 1.807) is 0 Å². The van der Waals surface area contributed by atoms with E-state index >= 15 is 0 Å². The molecule has 0 spiro atoms. The first-order chi connectivity index (χ1) is 4.59. The number of rotatable bonds is 4. The number of aliphatic hydroxyl groups excluding tert-OH is 1. The summed E-state index contributed by atoms with van der Waals surface area (Å²) < 4.78 is 0. The molecule has 62 valence electrons. The molecule has 0 saturated heterocycles. The Hall–Kier alpha value is -0.0800. The summed E-state index contributed by atoms with van der Waals surface area (Å²) in [6, 6.07) is 0. The third-order valence-electron chi connectivity index (χ3n) is 2.28. The Labute approximate surface area is 63.4 Å². The number of hydrogen-bond donors (Lipinski definition) is 2. The molecule has 0 radical (unpaired) electrons. The molecule has 3 atom stereocenters. The summed E-state index contributed by atoms with van der Waals surface area (Å²) in [4.78, 5) is 0. The Bertz CT molecular complexity index is 83.3. The SMILES string of the molecule is CC(O)C(C)C(C)CCN. The van der Waals surface area contributed by atoms with Crippen LogP contribution < -0.4 is 5.73 Å². The van der Waals surface area contributed by atoms with E-state index in [4.69, 9.17) is 5.73 Å². The summed E-state index contributed by atoms with van der Waals surface area (Å²) in [6.45, 7) is 6.74. The highest BCUT2D eigenvalue weighted by Gasteiger charge is 2.15. The molecule has 0 aromatic heterocycles. The highest BCUT2D eigenvalue weighted by molar-refractivity contribution is 4.66. The van der Waals surface area contributed by atoms with Crippen molar-refractivity contribution in [3.8, 4) is 0 Å². The van der Waals surface area contributed by atoms with Gasteiger partial charge in [-0.15, -0.1) is 0 Å². The van der Waals surface area contributed by atoms with Crippen LogP contribution >= 0.6 is 0 Å². The van der Waals surface area contributed by atoms with Gasteiger partial charge >= 0.3 is 0 Å². The zero-order valence-electron chi connectivity index (χ0n) is 7.17. The smallest absolute Gasteiger partial charge is 0.0540 e. The standard InChI is InChI=1S/C8H19NO/c1-6(4-5-9)7(2)8(3)10/h6-8,10H,4-5,9H2,1-3H3. The van der Waals surface area contributed by atoms with Gasteiger partial charge in [0.15, 0.2) is 0 Å². The van der Waals surface area contributed by atoms with Crippen molar-refractivity contribution in [2.24, 2.45) is 17.6 Å². The highest BCUT2D eigenvalue weighted by atomic mass is 16.3. The Balaban J connectivity index is 3.58. The molecule has 0 aromatic carbocycles. The predicted octanol–water partition coefficient (Wildman–Crippen LogP) is 0.988. The van der Waals surface area contributed by atoms with Crippen molar-refractivity contribution in [3.05, 3.63) is 0 Å². The van der Waals surface area contributed by atoms with E-state index in [-0.39, 0.29) is 6.10 Å². The van der Waals surface area contributed by atoms with Gasteiger partial charge in [-0.05, 0) is 31.7 Å². The van der Waals surface area contributed by atoms with Crippen molar-refractivity contribution < 1.29 is 5.11 Å². The third kappa shape index (κ3) is 3.18. The van der Waals surface area contributed by atoms with E-state index < -0.39 is 0 Å². The number of nitrogens with two attached hydrogens (primary N) is 1. The molecule has 0 aliphatic carbocycles. The van der Waals surface area contributed by atoms with Crippen LogP contribution in [-0.4, -0.2) is 17.8 Å². The molecular formula is C8H19NO. The molecule has 0 aromatic rings. The Morgan fingerprint density at radius 1 is 1.30 bits per heavy atom. The van der Waals surface area contributed by atoms with E-state index in [9.17, 15) is 5.11 Å². The largest absolute Gasteiger partial charge is 0.393 e. The van der Waals surface area contributed by atoms with E-state index in [2.05, 4.69) is 13.8 Å². The molecule has 0 fully saturated rings. The molecule has 0 bridgehead atoms. The summed E-state index contributed by atoms with van der Waals surface area (Å²) in [5, 5.41) is 9.18. The maximum Gasteiger partial charge on any atom is 0.0540 e. The summed E-state index contributed by atoms with van der Waals surface area (Å²) in [6.07, 6.45) is 0.799. The van der Waals surface area contributed by atoms with Crippen LogP contribution in [0.4, 0.5) is 0 Å². The fourth-order valence-electron chi connectivity index (χ4n) is 1.00. The van der Waals surface area contributed by atoms with E-state index in [1.807, 2.05) is 6.92 Å². The summed E-state index contributed by atoms with van der Waals surface area (Å²) in [7, 11) is 0. The van der Waals surface area contributed by atoms with Crippen LogP contribution in [0.15, 0.2) is 0 Å². The second-order valence-corrected chi connectivity index (χ2v) is 3.15. The Morgan fingerprint density at radius 2 is 1.80 bits per heavy atom. The lowest BCUT2D eigenvalue weighted by Gasteiger charge is -2.21. The van der Waals surface area contributed by atoms with Crippen LogP contribution in [0.5, 0.6) is 0 Å². The highest BCUT2D eigenvalue weighted by Crippen LogP contribution is 2.17. The number of hydrogen-bond acceptors (Lipinski definition) is 2. The van der Waals surface area contributed by atoms with Crippen LogP contribution in [-0.2, 0) is 0 Å². The summed E-state index contributed by atoms with van der Waals surface area (Å²) >= 11 is 0. The van der Waals surface area contributed by atoms with Crippen LogP contribution in [0.25, 0.3) is 0 Å². The van der Waals surface area contributed by atoms with Gasteiger partial charge in [0.1, 0.15) is 0 Å². The first-order valence-electron chi connectivity index (χ1n) is 3.97. The van der Waals surface area contributed by atoms with Gasteiger partial charge in [-0.1, -0.05) is 13.8 Å². The minimum atomic E-state index is -0.207. The molecule has 2 nitrogen and oxygen atoms in total. The Morgan fingerprint density at radius 3 is 2.10 bits per heavy atom. The molecule has 10 heavy (non-hydrogen) atoms. The van der Waals surface area contributed by atoms with Crippen molar-refractivity contribution >= 4 is 0 Å². The van der Waals surface area contributed by atoms with Gasteiger partial charge in [0.25, 0.3) is 0 Å². The van der Waals surface area contributed by atoms with Crippen molar-refractivity contribution in [1.82, 2.24) is 0 Å². The fourth-order valence-corrected chi connectivity index (χ4v) is 1.00. The fraction of sp³-hybridized carbons (Fsp3) is 1.00. The maximum absolute atomic E-state index is 9.18. The second-order valence-electron chi connectivity index (χ2n) is 3.15. The molecule has 0 heterocycles. The Kier molecular flexibility index (Phi) is 4.65. The van der Waals surface area contributed by atoms with Gasteiger partial charge in [-0.2, -0.15) is 0 Å². The van der Waals surface area contributed by atoms with Gasteiger partial charge in [0.2, 0.25) is 0 Å². The van der Waals surface area contributed by atoms with Gasteiger partial charge in [-0.3, -0.25) is 0 Å². The first-order valence-corrected chi connectivity index (χ1v) is 3.97. The quantitative estimate of drug-likeness (QED) is 0.619. The van der Waals surface area contributed by atoms with Crippen LogP contribution in [0.2, 0.25) is 0 Å². The summed E-state index contributed by atoms with van der Waals surface area (Å²) in [5.74, 6) is 0.897. The lowest BCUT2D eigenvalue weighted by atomic mass is 9.89. The monoisotopic (exact) mass is 145 g/mol. The molecule has 0 amide bonds. The minimum Gasteiger partial charge on any atom is -0.393 e. The van der Waals surface area contributed by atoms with Gasteiger partial charge < -0.3 is 10.8 Å². The van der Waals surface area contributed by atoms with E-state index in [0.29, 0.717) is 11.8 Å². The molecule has 0 rings (SSSR count). The topological polar surface area (TPSA) is 46.2 Å². The zero-order valence-corrected chi connectivity index (χ0v) is 7.17. The lowest BCUT2D eigenvalue weighted by Crippen LogP contribution is -2.22. The third-order valence-corrected chi connectivity index (χ3v) is 2.28. The van der Waals surface area contributed by atoms with E-state index in [1.165, 1.54) is 0 Å². The van der Waals surface area contributed by atoms with Crippen molar-refractivity contribution in [2.75, 3.05) is 6.54 Å². The minimum absolute atomic E-state index is 0.207. The average molecular weight is 145 g/mol. The molecule has 2 heteroatoms. The van der Waals surface area contributed by atoms with Crippen molar-refractivity contribution in [1.29, 1.82) is 0 Å². The number of aliphatic hydroxyl groups is 1. The zero-order chi connectivity index (χ0) is 8.15. The molecular weight excluding hydrogens is 126 g/mol. The normalized spacial score (nSPS) is 20.1. The molecule has 3 unspecified atom stereocenters. The van der Waals surface area contributed by atoms with Gasteiger partial charge in [0, 0.05) is 0 Å². The van der Waals surface area contributed by atoms with Crippen molar-refractivity contribution in [2.45, 2.75) is 33.3 Å². The van der Waals surface area contributed by atoms with Crippen LogP contribution in [0.3, 0.4) is 0 Å². The van der Waals surface area contributed by atoms with Gasteiger partial charge in [-0.25, -0.2) is 0 Å². The molecule has 0 saturated carbocycles. The average Bonchev–Trinajstić information content (AvgIpc) is 1.87. The lowest BCUT2D eigenvalue weighted by molar-refractivity contribution is 0.102. The summed E-state index contributed by atoms with van der Waals surface area (Å²) in [5.41, 5.74) is 5.39. The second kappa shape index (κ2) is 4.69. The van der Waals surface area contributed by atoms with E-state index in [0.717, 1.165) is 13.0 Å². The van der Waals surface area contributed by atoms with Crippen LogP contribution in [0, 0.1) is 11.8 Å². The van der Waals surface area contributed by atoms with Gasteiger partial charge in [0.05, 0.1) is 6.10 Å². The van der Waals surface area contributed by atoms with Crippen LogP contribution in [0.1, 0.15) is 27.2 Å². The molecule has 0 aliphatic rings. The predicted molar refractivity (Wildman–Crippen MR) is 43.7 cm³/mol. The maximum atomic E-state index is 9.18. The van der Waals surface area contributed by atoms with Crippen molar-refractivity contribution in [3.63, 3.8) is 0 Å².